The summed E-state index contributed by atoms with van der Waals surface area (Å²) in [6.45, 7) is 0. The predicted molar refractivity (Wildman–Crippen MR) is 69.4 cm³/mol. The van der Waals surface area contributed by atoms with Gasteiger partial charge in [-0.1, -0.05) is 60.7 Å². The highest BCUT2D eigenvalue weighted by Crippen LogP contribution is 2.17. The van der Waals surface area contributed by atoms with E-state index in [1.54, 1.807) is 60.7 Å². The van der Waals surface area contributed by atoms with Gasteiger partial charge in [-0.05, 0) is 0 Å². The molecule has 18 heavy (non-hydrogen) atoms. The summed E-state index contributed by atoms with van der Waals surface area (Å²) in [6, 6.07) is 16.8. The van der Waals surface area contributed by atoms with Crippen molar-refractivity contribution in [2.75, 3.05) is 0 Å². The summed E-state index contributed by atoms with van der Waals surface area (Å²) < 4.78 is 0. The van der Waals surface area contributed by atoms with E-state index in [-0.39, 0.29) is 0 Å². The van der Waals surface area contributed by atoms with Crippen LogP contribution in [0.15, 0.2) is 66.4 Å². The molecule has 0 saturated carbocycles. The molecule has 0 spiro atoms. The van der Waals surface area contributed by atoms with E-state index in [1.165, 1.54) is 0 Å². The van der Waals surface area contributed by atoms with Gasteiger partial charge in [-0.15, -0.1) is 0 Å². The van der Waals surface area contributed by atoms with E-state index in [9.17, 15) is 15.0 Å². The third-order valence-electron chi connectivity index (χ3n) is 2.52. The Bertz CT molecular complexity index is 571. The van der Waals surface area contributed by atoms with Crippen molar-refractivity contribution in [2.45, 2.75) is 0 Å². The first-order valence-electron chi connectivity index (χ1n) is 5.47. The Morgan fingerprint density at radius 2 is 1.17 bits per heavy atom. The van der Waals surface area contributed by atoms with E-state index in [4.69, 9.17) is 0 Å². The highest BCUT2D eigenvalue weighted by atomic mass is 16.3. The van der Waals surface area contributed by atoms with E-state index in [0.29, 0.717) is 11.1 Å². The number of hydrogen-bond donors (Lipinski definition) is 2. The van der Waals surface area contributed by atoms with Crippen molar-refractivity contribution in [3.8, 4) is 0 Å². The summed E-state index contributed by atoms with van der Waals surface area (Å²) >= 11 is 0. The van der Waals surface area contributed by atoms with E-state index >= 15 is 0 Å². The largest absolute Gasteiger partial charge is 0.504 e. The molecule has 0 fully saturated rings. The molecule has 0 bridgehead atoms. The number of hydrogen-bond acceptors (Lipinski definition) is 3. The number of Topliss-reactive ketones (excluding diaryl/α,β-unsaturated/α-hetero) is 1. The Kier molecular flexibility index (Phi) is 3.44. The molecule has 0 atom stereocenters. The number of aliphatic hydroxyl groups is 2. The molecule has 3 heteroatoms. The lowest BCUT2D eigenvalue weighted by Crippen LogP contribution is -2.05. The van der Waals surface area contributed by atoms with Crippen molar-refractivity contribution < 1.29 is 15.0 Å². The molecule has 0 heterocycles. The fraction of sp³-hybridized carbons (Fsp3) is 0. The molecule has 0 radical (unpaired) electrons. The van der Waals surface area contributed by atoms with Gasteiger partial charge in [0.2, 0.25) is 11.5 Å². The smallest absolute Gasteiger partial charge is 0.231 e. The zero-order valence-electron chi connectivity index (χ0n) is 9.58. The number of aliphatic hydroxyl groups excluding tert-OH is 2. The van der Waals surface area contributed by atoms with Crippen molar-refractivity contribution in [1.29, 1.82) is 0 Å². The Morgan fingerprint density at radius 1 is 0.722 bits per heavy atom. The van der Waals surface area contributed by atoms with Crippen LogP contribution >= 0.6 is 0 Å². The molecule has 90 valence electrons. The van der Waals surface area contributed by atoms with Crippen LogP contribution in [0.25, 0.3) is 5.76 Å². The lowest BCUT2D eigenvalue weighted by molar-refractivity contribution is 0.0975. The van der Waals surface area contributed by atoms with E-state index < -0.39 is 17.3 Å². The van der Waals surface area contributed by atoms with E-state index in [1.807, 2.05) is 0 Å². The minimum atomic E-state index is -0.646. The summed E-state index contributed by atoms with van der Waals surface area (Å²) in [4.78, 5) is 11.9. The van der Waals surface area contributed by atoms with Gasteiger partial charge < -0.3 is 10.2 Å². The Hall–Kier alpha value is -2.55. The van der Waals surface area contributed by atoms with Crippen LogP contribution in [-0.2, 0) is 0 Å². The molecule has 2 aromatic rings. The molecule has 0 unspecified atom stereocenters. The second kappa shape index (κ2) is 5.19. The molecule has 0 aliphatic heterocycles. The van der Waals surface area contributed by atoms with Crippen molar-refractivity contribution in [1.82, 2.24) is 0 Å². The molecule has 0 aromatic heterocycles. The van der Waals surface area contributed by atoms with Crippen LogP contribution < -0.4 is 0 Å². The molecule has 3 nitrogen and oxygen atoms in total. The van der Waals surface area contributed by atoms with Gasteiger partial charge in [0.1, 0.15) is 0 Å². The van der Waals surface area contributed by atoms with Crippen LogP contribution in [0.3, 0.4) is 0 Å². The van der Waals surface area contributed by atoms with E-state index in [2.05, 4.69) is 0 Å². The zero-order chi connectivity index (χ0) is 13.0. The van der Waals surface area contributed by atoms with Gasteiger partial charge in [0.25, 0.3) is 0 Å². The molecule has 0 aliphatic rings. The van der Waals surface area contributed by atoms with Crippen molar-refractivity contribution in [3.63, 3.8) is 0 Å². The van der Waals surface area contributed by atoms with Gasteiger partial charge in [-0.2, -0.15) is 0 Å². The van der Waals surface area contributed by atoms with Gasteiger partial charge in [0.15, 0.2) is 5.76 Å². The van der Waals surface area contributed by atoms with Gasteiger partial charge in [0, 0.05) is 11.1 Å². The second-order valence-electron chi connectivity index (χ2n) is 3.76. The Morgan fingerprint density at radius 3 is 1.67 bits per heavy atom. The third kappa shape index (κ3) is 2.40. The topological polar surface area (TPSA) is 57.5 Å². The SMILES string of the molecule is O=C(C(O)=C(O)c1ccccc1)c1ccccc1. The Labute approximate surface area is 105 Å². The van der Waals surface area contributed by atoms with Crippen molar-refractivity contribution >= 4 is 11.5 Å². The molecule has 2 aromatic carbocycles. The number of ketones is 1. The maximum absolute atomic E-state index is 11.9. The maximum Gasteiger partial charge on any atom is 0.231 e. The average Bonchev–Trinajstić information content (AvgIpc) is 2.47. The normalized spacial score (nSPS) is 11.8. The van der Waals surface area contributed by atoms with Crippen LogP contribution in [0, 0.1) is 0 Å². The Balaban J connectivity index is 2.37. The minimum absolute atomic E-state index is 0.331. The molecule has 0 saturated heterocycles. The van der Waals surface area contributed by atoms with Gasteiger partial charge >= 0.3 is 0 Å². The number of benzene rings is 2. The molecular weight excluding hydrogens is 228 g/mol. The highest BCUT2D eigenvalue weighted by molar-refractivity contribution is 6.10. The maximum atomic E-state index is 11.9. The monoisotopic (exact) mass is 240 g/mol. The average molecular weight is 240 g/mol. The molecular formula is C15H12O3. The van der Waals surface area contributed by atoms with Gasteiger partial charge in [0.05, 0.1) is 0 Å². The zero-order valence-corrected chi connectivity index (χ0v) is 9.58. The molecule has 0 aliphatic carbocycles. The van der Waals surface area contributed by atoms with Crippen LogP contribution in [0.5, 0.6) is 0 Å². The van der Waals surface area contributed by atoms with Gasteiger partial charge in [-0.25, -0.2) is 0 Å². The summed E-state index contributed by atoms with van der Waals surface area (Å²) in [5.41, 5.74) is 0.733. The lowest BCUT2D eigenvalue weighted by Gasteiger charge is -2.04. The van der Waals surface area contributed by atoms with Crippen LogP contribution in [0.1, 0.15) is 15.9 Å². The molecule has 0 amide bonds. The number of rotatable bonds is 3. The first-order chi connectivity index (χ1) is 8.70. The van der Waals surface area contributed by atoms with Crippen LogP contribution in [0.2, 0.25) is 0 Å². The number of allylic oxidation sites excluding steroid dienone is 1. The minimum Gasteiger partial charge on any atom is -0.504 e. The first-order valence-corrected chi connectivity index (χ1v) is 5.47. The molecule has 2 N–H and O–H groups in total. The number of carbonyl (C=O) groups is 1. The highest BCUT2D eigenvalue weighted by Gasteiger charge is 2.16. The predicted octanol–water partition coefficient (Wildman–Crippen LogP) is 3.35. The molecule has 2 rings (SSSR count). The quantitative estimate of drug-likeness (QED) is 0.491. The fourth-order valence-electron chi connectivity index (χ4n) is 1.57. The summed E-state index contributed by atoms with van der Waals surface area (Å²) in [5, 5.41) is 19.6. The van der Waals surface area contributed by atoms with E-state index in [0.717, 1.165) is 0 Å². The van der Waals surface area contributed by atoms with Crippen molar-refractivity contribution in [2.24, 2.45) is 0 Å². The van der Waals surface area contributed by atoms with Crippen LogP contribution in [-0.4, -0.2) is 16.0 Å². The summed E-state index contributed by atoms with van der Waals surface area (Å²) in [5.74, 6) is -1.66. The van der Waals surface area contributed by atoms with Crippen molar-refractivity contribution in [3.05, 3.63) is 77.5 Å². The van der Waals surface area contributed by atoms with Crippen LogP contribution in [0.4, 0.5) is 0 Å². The lowest BCUT2D eigenvalue weighted by atomic mass is 10.1. The first kappa shape index (κ1) is 11.9. The summed E-state index contributed by atoms with van der Waals surface area (Å²) in [6.07, 6.45) is 0. The summed E-state index contributed by atoms with van der Waals surface area (Å²) in [7, 11) is 0. The standard InChI is InChI=1S/C15H12O3/c16-13(11-7-3-1-4-8-11)15(18)14(17)12-9-5-2-6-10-12/h1-10,16,18H. The second-order valence-corrected chi connectivity index (χ2v) is 3.76. The third-order valence-corrected chi connectivity index (χ3v) is 2.52. The fourth-order valence-corrected chi connectivity index (χ4v) is 1.57. The number of carbonyl (C=O) groups excluding carboxylic acids is 1. The van der Waals surface area contributed by atoms with Gasteiger partial charge in [-0.3, -0.25) is 4.79 Å².